The fourth-order valence-corrected chi connectivity index (χ4v) is 2.99. The van der Waals surface area contributed by atoms with Gasteiger partial charge in [0.25, 0.3) is 0 Å². The summed E-state index contributed by atoms with van der Waals surface area (Å²) in [5, 5.41) is 0.186. The first-order valence-electron chi connectivity index (χ1n) is 10.0. The molecule has 1 heterocycles. The van der Waals surface area contributed by atoms with Crippen LogP contribution in [0.25, 0.3) is 10.9 Å². The number of rotatable bonds is 5. The zero-order valence-corrected chi connectivity index (χ0v) is 19.1. The maximum atomic E-state index is 12.9. The highest BCUT2D eigenvalue weighted by atomic mass is 16.6. The molecule has 0 aliphatic carbocycles. The second kappa shape index (κ2) is 8.56. The molecule has 2 aromatic rings. The van der Waals surface area contributed by atoms with Gasteiger partial charge in [-0.05, 0) is 66.5 Å². The van der Waals surface area contributed by atoms with Gasteiger partial charge in [0.2, 0.25) is 5.89 Å². The third kappa shape index (κ3) is 6.19. The SMILES string of the molecule is Cc1c(N)c(N)cc2nc(C(CCC(=O)OC(C)(C)C)C(=O)OC(C)(C)C)oc(=O)c12. The van der Waals surface area contributed by atoms with E-state index < -0.39 is 34.7 Å². The molecule has 1 atom stereocenters. The molecule has 0 radical (unpaired) electrons. The Labute approximate surface area is 181 Å². The van der Waals surface area contributed by atoms with Gasteiger partial charge in [0.1, 0.15) is 17.1 Å². The van der Waals surface area contributed by atoms with Crippen LogP contribution in [0, 0.1) is 6.92 Å². The van der Waals surface area contributed by atoms with Gasteiger partial charge in [-0.3, -0.25) is 9.59 Å². The lowest BCUT2D eigenvalue weighted by Crippen LogP contribution is -2.30. The predicted octanol–water partition coefficient (Wildman–Crippen LogP) is 3.21. The number of fused-ring (bicyclic) bond motifs is 1. The zero-order chi connectivity index (χ0) is 23.7. The van der Waals surface area contributed by atoms with E-state index in [9.17, 15) is 14.4 Å². The van der Waals surface area contributed by atoms with Gasteiger partial charge < -0.3 is 25.4 Å². The van der Waals surface area contributed by atoms with Crippen LogP contribution < -0.4 is 17.1 Å². The molecule has 0 bridgehead atoms. The zero-order valence-electron chi connectivity index (χ0n) is 19.1. The summed E-state index contributed by atoms with van der Waals surface area (Å²) in [6.07, 6.45) is -0.0950. The maximum Gasteiger partial charge on any atom is 0.347 e. The third-order valence-corrected chi connectivity index (χ3v) is 4.32. The highest BCUT2D eigenvalue weighted by molar-refractivity contribution is 5.91. The van der Waals surface area contributed by atoms with E-state index in [0.29, 0.717) is 5.56 Å². The number of benzene rings is 1. The lowest BCUT2D eigenvalue weighted by molar-refractivity contribution is -0.158. The number of hydrogen-bond acceptors (Lipinski definition) is 9. The van der Waals surface area contributed by atoms with E-state index in [0.717, 1.165) is 0 Å². The number of carbonyl (C=O) groups is 2. The Morgan fingerprint density at radius 1 is 1.10 bits per heavy atom. The van der Waals surface area contributed by atoms with Crippen molar-refractivity contribution < 1.29 is 23.5 Å². The number of nitrogen functional groups attached to an aromatic ring is 2. The smallest absolute Gasteiger partial charge is 0.347 e. The van der Waals surface area contributed by atoms with Crippen molar-refractivity contribution in [1.29, 1.82) is 0 Å². The molecule has 2 rings (SSSR count). The van der Waals surface area contributed by atoms with Crippen LogP contribution in [0.1, 0.15) is 71.8 Å². The molecule has 170 valence electrons. The second-order valence-electron chi connectivity index (χ2n) is 9.45. The summed E-state index contributed by atoms with van der Waals surface area (Å²) in [5.41, 5.74) is 10.9. The van der Waals surface area contributed by atoms with Gasteiger partial charge in [0.05, 0.1) is 22.3 Å². The fraction of sp³-hybridized carbons (Fsp3) is 0.545. The van der Waals surface area contributed by atoms with Gasteiger partial charge in [-0.2, -0.15) is 0 Å². The van der Waals surface area contributed by atoms with Gasteiger partial charge in [0, 0.05) is 6.42 Å². The van der Waals surface area contributed by atoms with Crippen LogP contribution in [0.4, 0.5) is 11.4 Å². The number of ether oxygens (including phenoxy) is 2. The molecule has 9 nitrogen and oxygen atoms in total. The van der Waals surface area contributed by atoms with Crippen molar-refractivity contribution >= 4 is 34.2 Å². The first-order chi connectivity index (χ1) is 14.1. The van der Waals surface area contributed by atoms with Crippen LogP contribution in [0.3, 0.4) is 0 Å². The summed E-state index contributed by atoms with van der Waals surface area (Å²) in [5.74, 6) is -2.38. The Bertz CT molecular complexity index is 1060. The van der Waals surface area contributed by atoms with Gasteiger partial charge in [-0.15, -0.1) is 0 Å². The van der Waals surface area contributed by atoms with Crippen molar-refractivity contribution in [3.8, 4) is 0 Å². The molecule has 0 saturated carbocycles. The topological polar surface area (TPSA) is 148 Å². The Balaban J connectivity index is 2.49. The molecular formula is C22H31N3O6. The maximum absolute atomic E-state index is 12.9. The number of hydrogen-bond donors (Lipinski definition) is 2. The molecule has 9 heteroatoms. The van der Waals surface area contributed by atoms with E-state index in [2.05, 4.69) is 4.98 Å². The van der Waals surface area contributed by atoms with Crippen molar-refractivity contribution in [2.45, 2.75) is 78.4 Å². The average Bonchev–Trinajstić information content (AvgIpc) is 2.56. The van der Waals surface area contributed by atoms with Crippen molar-refractivity contribution in [2.75, 3.05) is 11.5 Å². The minimum atomic E-state index is -1.08. The minimum absolute atomic E-state index is 0.00525. The van der Waals surface area contributed by atoms with E-state index in [-0.39, 0.29) is 41.0 Å². The third-order valence-electron chi connectivity index (χ3n) is 4.32. The average molecular weight is 434 g/mol. The molecule has 0 amide bonds. The first-order valence-corrected chi connectivity index (χ1v) is 10.0. The van der Waals surface area contributed by atoms with E-state index >= 15 is 0 Å². The number of aryl methyl sites for hydroxylation is 1. The molecule has 0 aliphatic rings. The number of aromatic nitrogens is 1. The van der Waals surface area contributed by atoms with Crippen LogP contribution in [-0.4, -0.2) is 28.1 Å². The molecule has 0 spiro atoms. The van der Waals surface area contributed by atoms with Crippen molar-refractivity contribution in [2.24, 2.45) is 0 Å². The molecule has 4 N–H and O–H groups in total. The highest BCUT2D eigenvalue weighted by Gasteiger charge is 2.32. The normalized spacial score (nSPS) is 13.1. The molecule has 0 saturated heterocycles. The number of anilines is 2. The summed E-state index contributed by atoms with van der Waals surface area (Å²) in [6, 6.07) is 1.46. The van der Waals surface area contributed by atoms with Crippen molar-refractivity contribution in [3.63, 3.8) is 0 Å². The van der Waals surface area contributed by atoms with E-state index in [1.165, 1.54) is 6.07 Å². The van der Waals surface area contributed by atoms with E-state index in [4.69, 9.17) is 25.4 Å². The van der Waals surface area contributed by atoms with Gasteiger partial charge in [-0.1, -0.05) is 0 Å². The lowest BCUT2D eigenvalue weighted by atomic mass is 10.0. The summed E-state index contributed by atoms with van der Waals surface area (Å²) in [4.78, 5) is 42.1. The molecule has 0 fully saturated rings. The summed E-state index contributed by atoms with van der Waals surface area (Å²) in [6.45, 7) is 12.0. The number of esters is 2. The van der Waals surface area contributed by atoms with Gasteiger partial charge >= 0.3 is 17.6 Å². The molecule has 31 heavy (non-hydrogen) atoms. The molecular weight excluding hydrogens is 402 g/mol. The summed E-state index contributed by atoms with van der Waals surface area (Å²) in [7, 11) is 0. The van der Waals surface area contributed by atoms with Crippen LogP contribution in [-0.2, 0) is 19.1 Å². The van der Waals surface area contributed by atoms with Crippen molar-refractivity contribution in [3.05, 3.63) is 27.9 Å². The first kappa shape index (κ1) is 24.2. The minimum Gasteiger partial charge on any atom is -0.460 e. The number of carbonyl (C=O) groups excluding carboxylic acids is 2. The van der Waals surface area contributed by atoms with Crippen LogP contribution >= 0.6 is 0 Å². The Morgan fingerprint density at radius 2 is 1.68 bits per heavy atom. The Morgan fingerprint density at radius 3 is 2.23 bits per heavy atom. The Kier molecular flexibility index (Phi) is 6.68. The van der Waals surface area contributed by atoms with Crippen molar-refractivity contribution in [1.82, 2.24) is 4.98 Å². The fourth-order valence-electron chi connectivity index (χ4n) is 2.99. The van der Waals surface area contributed by atoms with Crippen LogP contribution in [0.2, 0.25) is 0 Å². The summed E-state index contributed by atoms with van der Waals surface area (Å²) < 4.78 is 16.2. The van der Waals surface area contributed by atoms with Gasteiger partial charge in [0.15, 0.2) is 0 Å². The van der Waals surface area contributed by atoms with Crippen LogP contribution in [0.5, 0.6) is 0 Å². The molecule has 1 unspecified atom stereocenters. The van der Waals surface area contributed by atoms with Crippen LogP contribution in [0.15, 0.2) is 15.3 Å². The number of nitrogens with two attached hydrogens (primary N) is 2. The lowest BCUT2D eigenvalue weighted by Gasteiger charge is -2.24. The Hall–Kier alpha value is -3.10. The quantitative estimate of drug-likeness (QED) is 0.535. The van der Waals surface area contributed by atoms with E-state index in [1.807, 2.05) is 0 Å². The molecule has 0 aliphatic heterocycles. The standard InChI is InChI=1S/C22H31N3O6/c1-11-16-14(10-13(23)17(11)24)25-18(29-20(16)28)12(19(27)31-22(5,6)7)8-9-15(26)30-21(2,3)4/h10,12H,8-9,23-24H2,1-7H3. The largest absolute Gasteiger partial charge is 0.460 e. The molecule has 1 aromatic heterocycles. The van der Waals surface area contributed by atoms with Gasteiger partial charge in [-0.25, -0.2) is 9.78 Å². The monoisotopic (exact) mass is 433 g/mol. The molecule has 1 aromatic carbocycles. The highest BCUT2D eigenvalue weighted by Crippen LogP contribution is 2.29. The summed E-state index contributed by atoms with van der Waals surface area (Å²) >= 11 is 0. The predicted molar refractivity (Wildman–Crippen MR) is 118 cm³/mol. The number of nitrogens with zero attached hydrogens (tertiary/aromatic N) is 1. The second-order valence-corrected chi connectivity index (χ2v) is 9.45. The van der Waals surface area contributed by atoms with E-state index in [1.54, 1.807) is 48.5 Å².